The van der Waals surface area contributed by atoms with Crippen molar-refractivity contribution in [3.8, 4) is 0 Å². The number of hydrogen-bond donors (Lipinski definition) is 0. The SMILES string of the molecule is CC(c1ccc2ccccc2n1)S(C)(=O)=O. The molecule has 0 saturated carbocycles. The molecule has 0 bridgehead atoms. The van der Waals surface area contributed by atoms with E-state index >= 15 is 0 Å². The Morgan fingerprint density at radius 1 is 1.12 bits per heavy atom. The molecule has 0 radical (unpaired) electrons. The van der Waals surface area contributed by atoms with Crippen molar-refractivity contribution in [1.82, 2.24) is 4.98 Å². The molecule has 3 nitrogen and oxygen atoms in total. The maximum Gasteiger partial charge on any atom is 0.155 e. The van der Waals surface area contributed by atoms with Gasteiger partial charge in [0.15, 0.2) is 9.84 Å². The van der Waals surface area contributed by atoms with Gasteiger partial charge in [-0.2, -0.15) is 0 Å². The first-order valence-electron chi connectivity index (χ1n) is 5.03. The van der Waals surface area contributed by atoms with E-state index in [0.717, 1.165) is 10.9 Å². The zero-order chi connectivity index (χ0) is 11.8. The van der Waals surface area contributed by atoms with E-state index in [2.05, 4.69) is 4.98 Å². The molecule has 1 heterocycles. The van der Waals surface area contributed by atoms with Gasteiger partial charge in [0.2, 0.25) is 0 Å². The van der Waals surface area contributed by atoms with Crippen molar-refractivity contribution in [1.29, 1.82) is 0 Å². The molecule has 0 amide bonds. The van der Waals surface area contributed by atoms with E-state index in [1.165, 1.54) is 6.26 Å². The molecule has 84 valence electrons. The average Bonchev–Trinajstić information content (AvgIpc) is 2.26. The van der Waals surface area contributed by atoms with Gasteiger partial charge in [0, 0.05) is 11.6 Å². The van der Waals surface area contributed by atoms with Crippen LogP contribution in [0.1, 0.15) is 17.9 Å². The second-order valence-corrected chi connectivity index (χ2v) is 6.27. The van der Waals surface area contributed by atoms with E-state index in [9.17, 15) is 8.42 Å². The minimum atomic E-state index is -3.09. The summed E-state index contributed by atoms with van der Waals surface area (Å²) >= 11 is 0. The molecule has 2 rings (SSSR count). The summed E-state index contributed by atoms with van der Waals surface area (Å²) in [6, 6.07) is 11.3. The highest BCUT2D eigenvalue weighted by molar-refractivity contribution is 7.90. The predicted molar refractivity (Wildman–Crippen MR) is 65.0 cm³/mol. The van der Waals surface area contributed by atoms with E-state index in [0.29, 0.717) is 5.69 Å². The molecule has 0 saturated heterocycles. The van der Waals surface area contributed by atoms with Crippen molar-refractivity contribution >= 4 is 20.7 Å². The Bertz CT molecular complexity index is 620. The maximum absolute atomic E-state index is 11.4. The van der Waals surface area contributed by atoms with Gasteiger partial charge in [-0.3, -0.25) is 4.98 Å². The van der Waals surface area contributed by atoms with Gasteiger partial charge >= 0.3 is 0 Å². The molecule has 1 atom stereocenters. The number of nitrogens with zero attached hydrogens (tertiary/aromatic N) is 1. The number of para-hydroxylation sites is 1. The molecular formula is C12H13NO2S. The van der Waals surface area contributed by atoms with Crippen LogP contribution >= 0.6 is 0 Å². The van der Waals surface area contributed by atoms with Crippen LogP contribution in [0.4, 0.5) is 0 Å². The topological polar surface area (TPSA) is 47.0 Å². The standard InChI is InChI=1S/C12H13NO2S/c1-9(16(2,14)15)11-8-7-10-5-3-4-6-12(10)13-11/h3-9H,1-2H3. The van der Waals surface area contributed by atoms with E-state index < -0.39 is 15.1 Å². The largest absolute Gasteiger partial charge is 0.251 e. The highest BCUT2D eigenvalue weighted by Gasteiger charge is 2.18. The lowest BCUT2D eigenvalue weighted by Gasteiger charge is -2.09. The lowest BCUT2D eigenvalue weighted by atomic mass is 10.2. The van der Waals surface area contributed by atoms with E-state index in [1.807, 2.05) is 30.3 Å². The summed E-state index contributed by atoms with van der Waals surface area (Å²) in [5.41, 5.74) is 1.43. The Morgan fingerprint density at radius 2 is 1.81 bits per heavy atom. The number of benzene rings is 1. The summed E-state index contributed by atoms with van der Waals surface area (Å²) in [7, 11) is -3.09. The second-order valence-electron chi connectivity index (χ2n) is 3.90. The van der Waals surface area contributed by atoms with Crippen molar-refractivity contribution in [3.63, 3.8) is 0 Å². The van der Waals surface area contributed by atoms with E-state index in [4.69, 9.17) is 0 Å². The normalized spacial score (nSPS) is 13.9. The van der Waals surface area contributed by atoms with Gasteiger partial charge in [0.1, 0.15) is 5.25 Å². The highest BCUT2D eigenvalue weighted by Crippen LogP contribution is 2.21. The summed E-state index contributed by atoms with van der Waals surface area (Å²) in [5.74, 6) is 0. The Balaban J connectivity index is 2.55. The summed E-state index contributed by atoms with van der Waals surface area (Å²) in [5, 5.41) is 0.462. The van der Waals surface area contributed by atoms with Crippen LogP contribution in [0.3, 0.4) is 0 Å². The van der Waals surface area contributed by atoms with Crippen molar-refractivity contribution < 1.29 is 8.42 Å². The highest BCUT2D eigenvalue weighted by atomic mass is 32.2. The number of pyridine rings is 1. The smallest absolute Gasteiger partial charge is 0.155 e. The van der Waals surface area contributed by atoms with Gasteiger partial charge in [0.25, 0.3) is 0 Å². The lowest BCUT2D eigenvalue weighted by molar-refractivity contribution is 0.591. The van der Waals surface area contributed by atoms with E-state index in [-0.39, 0.29) is 0 Å². The van der Waals surface area contributed by atoms with Gasteiger partial charge < -0.3 is 0 Å². The van der Waals surface area contributed by atoms with Crippen LogP contribution in [0.15, 0.2) is 36.4 Å². The predicted octanol–water partition coefficient (Wildman–Crippen LogP) is 2.34. The molecule has 0 fully saturated rings. The number of rotatable bonds is 2. The molecule has 1 unspecified atom stereocenters. The summed E-state index contributed by atoms with van der Waals surface area (Å²) in [6.45, 7) is 1.66. The third-order valence-corrected chi connectivity index (χ3v) is 4.20. The Morgan fingerprint density at radius 3 is 2.50 bits per heavy atom. The van der Waals surface area contributed by atoms with Gasteiger partial charge in [-0.15, -0.1) is 0 Å². The molecular weight excluding hydrogens is 222 g/mol. The quantitative estimate of drug-likeness (QED) is 0.802. The van der Waals surface area contributed by atoms with Crippen LogP contribution in [-0.4, -0.2) is 19.7 Å². The van der Waals surface area contributed by atoms with Crippen LogP contribution in [-0.2, 0) is 9.84 Å². The van der Waals surface area contributed by atoms with Crippen LogP contribution in [0.2, 0.25) is 0 Å². The third-order valence-electron chi connectivity index (χ3n) is 2.68. The zero-order valence-corrected chi connectivity index (χ0v) is 10.0. The number of aromatic nitrogens is 1. The Kier molecular flexibility index (Phi) is 2.68. The molecule has 0 N–H and O–H groups in total. The Hall–Kier alpha value is -1.42. The van der Waals surface area contributed by atoms with Gasteiger partial charge in [-0.25, -0.2) is 8.42 Å². The fourth-order valence-electron chi connectivity index (χ4n) is 1.53. The van der Waals surface area contributed by atoms with Crippen LogP contribution < -0.4 is 0 Å². The molecule has 0 aliphatic heterocycles. The molecule has 0 aliphatic rings. The maximum atomic E-state index is 11.4. The fourth-order valence-corrected chi connectivity index (χ4v) is 2.10. The molecule has 1 aromatic carbocycles. The van der Waals surface area contributed by atoms with Crippen molar-refractivity contribution in [2.24, 2.45) is 0 Å². The van der Waals surface area contributed by atoms with Gasteiger partial charge in [-0.05, 0) is 19.1 Å². The summed E-state index contributed by atoms with van der Waals surface area (Å²) < 4.78 is 22.9. The lowest BCUT2D eigenvalue weighted by Crippen LogP contribution is -2.09. The molecule has 2 aromatic rings. The third kappa shape index (κ3) is 2.07. The first kappa shape index (κ1) is 11.1. The van der Waals surface area contributed by atoms with Crippen LogP contribution in [0, 0.1) is 0 Å². The van der Waals surface area contributed by atoms with Crippen molar-refractivity contribution in [3.05, 3.63) is 42.1 Å². The molecule has 0 spiro atoms. The number of hydrogen-bond acceptors (Lipinski definition) is 3. The Labute approximate surface area is 95.1 Å². The first-order chi connectivity index (χ1) is 7.48. The number of sulfone groups is 1. The molecule has 1 aromatic heterocycles. The van der Waals surface area contributed by atoms with E-state index in [1.54, 1.807) is 13.0 Å². The van der Waals surface area contributed by atoms with Gasteiger partial charge in [-0.1, -0.05) is 24.3 Å². The van der Waals surface area contributed by atoms with Crippen LogP contribution in [0.25, 0.3) is 10.9 Å². The minimum absolute atomic E-state index is 0.558. The average molecular weight is 235 g/mol. The molecule has 16 heavy (non-hydrogen) atoms. The zero-order valence-electron chi connectivity index (χ0n) is 9.21. The minimum Gasteiger partial charge on any atom is -0.251 e. The summed E-state index contributed by atoms with van der Waals surface area (Å²) in [6.07, 6.45) is 1.23. The van der Waals surface area contributed by atoms with Gasteiger partial charge in [0.05, 0.1) is 11.2 Å². The van der Waals surface area contributed by atoms with Crippen molar-refractivity contribution in [2.75, 3.05) is 6.26 Å². The fraction of sp³-hybridized carbons (Fsp3) is 0.250. The van der Waals surface area contributed by atoms with Crippen molar-refractivity contribution in [2.45, 2.75) is 12.2 Å². The van der Waals surface area contributed by atoms with Crippen LogP contribution in [0.5, 0.6) is 0 Å². The molecule has 4 heteroatoms. The monoisotopic (exact) mass is 235 g/mol. The first-order valence-corrected chi connectivity index (χ1v) is 6.98. The summed E-state index contributed by atoms with van der Waals surface area (Å²) in [4.78, 5) is 4.36. The molecule has 0 aliphatic carbocycles. The second kappa shape index (κ2) is 3.87. The number of fused-ring (bicyclic) bond motifs is 1.